The van der Waals surface area contributed by atoms with Gasteiger partial charge in [0.15, 0.2) is 6.10 Å². The van der Waals surface area contributed by atoms with Crippen molar-refractivity contribution in [1.29, 1.82) is 0 Å². The van der Waals surface area contributed by atoms with Gasteiger partial charge in [0.1, 0.15) is 5.75 Å². The Morgan fingerprint density at radius 1 is 0.969 bits per heavy atom. The molecular weight excluding hydrogens is 406 g/mol. The molecule has 168 valence electrons. The van der Waals surface area contributed by atoms with E-state index >= 15 is 0 Å². The lowest BCUT2D eigenvalue weighted by atomic mass is 10.1. The number of ether oxygens (including phenoxy) is 1. The summed E-state index contributed by atoms with van der Waals surface area (Å²) in [6, 6.07) is 15.1. The molecule has 0 saturated carbocycles. The number of anilines is 1. The summed E-state index contributed by atoms with van der Waals surface area (Å²) in [5.41, 5.74) is 2.58. The Labute approximate surface area is 188 Å². The summed E-state index contributed by atoms with van der Waals surface area (Å²) in [5, 5.41) is 0. The monoisotopic (exact) mass is 435 g/mol. The second-order valence-electron chi connectivity index (χ2n) is 8.19. The fourth-order valence-electron chi connectivity index (χ4n) is 4.18. The molecule has 1 fully saturated rings. The maximum Gasteiger partial charge on any atom is 0.267 e. The molecule has 0 aromatic heterocycles. The van der Waals surface area contributed by atoms with Crippen LogP contribution in [-0.4, -0.2) is 66.3 Å². The second kappa shape index (κ2) is 9.42. The fraction of sp³-hybridized carbons (Fsp3) is 0.400. The molecule has 1 unspecified atom stereocenters. The van der Waals surface area contributed by atoms with Gasteiger partial charge in [0, 0.05) is 44.7 Å². The zero-order valence-electron chi connectivity index (χ0n) is 18.6. The summed E-state index contributed by atoms with van der Waals surface area (Å²) < 4.78 is 5.66. The zero-order valence-corrected chi connectivity index (χ0v) is 18.6. The largest absolute Gasteiger partial charge is 0.479 e. The van der Waals surface area contributed by atoms with Crippen molar-refractivity contribution in [3.8, 4) is 5.75 Å². The maximum atomic E-state index is 12.8. The van der Waals surface area contributed by atoms with Crippen molar-refractivity contribution in [2.24, 2.45) is 0 Å². The normalized spacial score (nSPS) is 18.2. The molecule has 2 aromatic carbocycles. The van der Waals surface area contributed by atoms with Crippen molar-refractivity contribution < 1.29 is 19.1 Å². The van der Waals surface area contributed by atoms with Gasteiger partial charge in [-0.3, -0.25) is 14.4 Å². The van der Waals surface area contributed by atoms with Gasteiger partial charge in [0.25, 0.3) is 11.8 Å². The number of rotatable bonds is 5. The Kier molecular flexibility index (Phi) is 6.44. The zero-order chi connectivity index (χ0) is 22.7. The molecule has 32 heavy (non-hydrogen) atoms. The quantitative estimate of drug-likeness (QED) is 0.724. The van der Waals surface area contributed by atoms with Gasteiger partial charge in [0.2, 0.25) is 5.91 Å². The van der Waals surface area contributed by atoms with Crippen LogP contribution in [0.1, 0.15) is 36.2 Å². The first-order chi connectivity index (χ1) is 15.5. The van der Waals surface area contributed by atoms with E-state index in [0.717, 1.165) is 6.42 Å². The van der Waals surface area contributed by atoms with Crippen molar-refractivity contribution in [3.63, 3.8) is 0 Å². The number of carbonyl (C=O) groups is 3. The van der Waals surface area contributed by atoms with E-state index in [4.69, 9.17) is 4.74 Å². The Bertz CT molecular complexity index is 997. The van der Waals surface area contributed by atoms with Crippen LogP contribution in [0.15, 0.2) is 48.5 Å². The number of fused-ring (bicyclic) bond motifs is 1. The summed E-state index contributed by atoms with van der Waals surface area (Å²) in [7, 11) is 0. The number of amides is 3. The second-order valence-corrected chi connectivity index (χ2v) is 8.19. The smallest absolute Gasteiger partial charge is 0.267 e. The van der Waals surface area contributed by atoms with Crippen LogP contribution in [0.25, 0.3) is 0 Å². The molecule has 2 aliphatic rings. The highest BCUT2D eigenvalue weighted by atomic mass is 16.5. The Hall–Kier alpha value is -3.35. The van der Waals surface area contributed by atoms with Crippen LogP contribution in [-0.2, 0) is 16.0 Å². The minimum absolute atomic E-state index is 0.00394. The van der Waals surface area contributed by atoms with Gasteiger partial charge in [-0.1, -0.05) is 31.2 Å². The first-order valence-electron chi connectivity index (χ1n) is 11.2. The summed E-state index contributed by atoms with van der Waals surface area (Å²) in [6.07, 6.45) is 0.607. The van der Waals surface area contributed by atoms with Crippen LogP contribution >= 0.6 is 0 Å². The highest BCUT2D eigenvalue weighted by Gasteiger charge is 2.32. The van der Waals surface area contributed by atoms with E-state index < -0.39 is 6.10 Å². The standard InChI is InChI=1S/C25H29N3O4/c1-3-19-8-10-20(11-9-19)25(31)27-16-14-26(15-17-27)23(29)12-13-28-21-6-4-5-7-22(21)32-18(2)24(28)30/h4-11,18H,3,12-17H2,1-2H3. The third kappa shape index (κ3) is 4.47. The van der Waals surface area contributed by atoms with Crippen LogP contribution in [0.4, 0.5) is 5.69 Å². The molecule has 0 bridgehead atoms. The lowest BCUT2D eigenvalue weighted by molar-refractivity contribution is -0.132. The number of para-hydroxylation sites is 2. The minimum atomic E-state index is -0.569. The average Bonchev–Trinajstić information content (AvgIpc) is 2.84. The number of hydrogen-bond donors (Lipinski definition) is 0. The van der Waals surface area contributed by atoms with Gasteiger partial charge in [-0.05, 0) is 43.2 Å². The number of piperazine rings is 1. The van der Waals surface area contributed by atoms with Gasteiger partial charge in [-0.2, -0.15) is 0 Å². The first-order valence-corrected chi connectivity index (χ1v) is 11.2. The van der Waals surface area contributed by atoms with Crippen LogP contribution in [0, 0.1) is 0 Å². The molecule has 2 aromatic rings. The Balaban J connectivity index is 1.31. The van der Waals surface area contributed by atoms with E-state index in [1.165, 1.54) is 5.56 Å². The van der Waals surface area contributed by atoms with E-state index in [1.54, 1.807) is 21.6 Å². The van der Waals surface area contributed by atoms with E-state index in [1.807, 2.05) is 48.5 Å². The Morgan fingerprint density at radius 3 is 2.31 bits per heavy atom. The number of aryl methyl sites for hydroxylation is 1. The molecule has 0 N–H and O–H groups in total. The lowest BCUT2D eigenvalue weighted by Crippen LogP contribution is -2.51. The van der Waals surface area contributed by atoms with Crippen molar-refractivity contribution in [3.05, 3.63) is 59.7 Å². The SMILES string of the molecule is CCc1ccc(C(=O)N2CCN(C(=O)CCN3C(=O)C(C)Oc4ccccc43)CC2)cc1. The van der Waals surface area contributed by atoms with Gasteiger partial charge < -0.3 is 19.4 Å². The Morgan fingerprint density at radius 2 is 1.62 bits per heavy atom. The highest BCUT2D eigenvalue weighted by Crippen LogP contribution is 2.33. The van der Waals surface area contributed by atoms with Gasteiger partial charge >= 0.3 is 0 Å². The van der Waals surface area contributed by atoms with Crippen LogP contribution in [0.3, 0.4) is 0 Å². The number of benzene rings is 2. The third-order valence-corrected chi connectivity index (χ3v) is 6.15. The van der Waals surface area contributed by atoms with E-state index in [9.17, 15) is 14.4 Å². The van der Waals surface area contributed by atoms with Gasteiger partial charge in [-0.25, -0.2) is 0 Å². The van der Waals surface area contributed by atoms with Crippen molar-refractivity contribution in [2.45, 2.75) is 32.8 Å². The van der Waals surface area contributed by atoms with E-state index in [2.05, 4.69) is 6.92 Å². The van der Waals surface area contributed by atoms with Crippen molar-refractivity contribution >= 4 is 23.4 Å². The molecule has 1 saturated heterocycles. The molecule has 0 radical (unpaired) electrons. The predicted molar refractivity (Wildman–Crippen MR) is 122 cm³/mol. The predicted octanol–water partition coefficient (Wildman–Crippen LogP) is 2.74. The van der Waals surface area contributed by atoms with E-state index in [0.29, 0.717) is 49.7 Å². The van der Waals surface area contributed by atoms with Gasteiger partial charge in [0.05, 0.1) is 5.69 Å². The molecule has 0 spiro atoms. The molecular formula is C25H29N3O4. The summed E-state index contributed by atoms with van der Waals surface area (Å²) in [4.78, 5) is 43.4. The van der Waals surface area contributed by atoms with Crippen molar-refractivity contribution in [2.75, 3.05) is 37.6 Å². The molecule has 4 rings (SSSR count). The lowest BCUT2D eigenvalue weighted by Gasteiger charge is -2.36. The summed E-state index contributed by atoms with van der Waals surface area (Å²) in [5.74, 6) is 0.519. The fourth-order valence-corrected chi connectivity index (χ4v) is 4.18. The topological polar surface area (TPSA) is 70.2 Å². The maximum absolute atomic E-state index is 12.8. The number of nitrogens with zero attached hydrogens (tertiary/aromatic N) is 3. The molecule has 3 amide bonds. The van der Waals surface area contributed by atoms with Crippen LogP contribution in [0.2, 0.25) is 0 Å². The molecule has 2 heterocycles. The minimum Gasteiger partial charge on any atom is -0.479 e. The molecule has 7 nitrogen and oxygen atoms in total. The summed E-state index contributed by atoms with van der Waals surface area (Å²) in [6.45, 7) is 6.14. The molecule has 2 aliphatic heterocycles. The number of hydrogen-bond acceptors (Lipinski definition) is 4. The third-order valence-electron chi connectivity index (χ3n) is 6.15. The van der Waals surface area contributed by atoms with Gasteiger partial charge in [-0.15, -0.1) is 0 Å². The summed E-state index contributed by atoms with van der Waals surface area (Å²) >= 11 is 0. The average molecular weight is 436 g/mol. The van der Waals surface area contributed by atoms with E-state index in [-0.39, 0.29) is 24.1 Å². The van der Waals surface area contributed by atoms with Crippen molar-refractivity contribution in [1.82, 2.24) is 9.80 Å². The first kappa shape index (κ1) is 21.9. The van der Waals surface area contributed by atoms with Crippen LogP contribution < -0.4 is 9.64 Å². The molecule has 1 atom stereocenters. The molecule has 0 aliphatic carbocycles. The highest BCUT2D eigenvalue weighted by molar-refractivity contribution is 6.00. The van der Waals surface area contributed by atoms with Crippen LogP contribution in [0.5, 0.6) is 5.75 Å². The molecule has 7 heteroatoms. The number of carbonyl (C=O) groups excluding carboxylic acids is 3.